The number of benzene rings is 9. The van der Waals surface area contributed by atoms with Crippen LogP contribution in [0.5, 0.6) is 0 Å². The Bertz CT molecular complexity index is 3160. The van der Waals surface area contributed by atoms with Crippen LogP contribution in [0.3, 0.4) is 0 Å². The van der Waals surface area contributed by atoms with Crippen molar-refractivity contribution in [3.8, 4) is 66.8 Å². The van der Waals surface area contributed by atoms with E-state index < -0.39 is 0 Å². The molecule has 55 heavy (non-hydrogen) atoms. The van der Waals surface area contributed by atoms with Crippen molar-refractivity contribution in [2.45, 2.75) is 25.7 Å². The number of hydrogen-bond donors (Lipinski definition) is 0. The predicted molar refractivity (Wildman–Crippen MR) is 230 cm³/mol. The summed E-state index contributed by atoms with van der Waals surface area (Å²) in [5.74, 6) is 0. The molecular weight excluding hydrogens is 659 g/mol. The minimum atomic E-state index is 0.156. The lowest BCUT2D eigenvalue weighted by Gasteiger charge is -2.37. The molecule has 2 aliphatic heterocycles. The molecule has 0 saturated heterocycles. The number of fused-ring (bicyclic) bond motifs is 20. The summed E-state index contributed by atoms with van der Waals surface area (Å²) >= 11 is 0. The number of hydrogen-bond acceptors (Lipinski definition) is 0. The van der Waals surface area contributed by atoms with Gasteiger partial charge in [-0.1, -0.05) is 144 Å². The second-order valence-electron chi connectivity index (χ2n) is 17.0. The maximum atomic E-state index is 2.67. The molecule has 0 spiro atoms. The summed E-state index contributed by atoms with van der Waals surface area (Å²) in [6.45, 7) is 0.156. The van der Waals surface area contributed by atoms with Gasteiger partial charge in [0.1, 0.15) is 0 Å². The molecule has 0 fully saturated rings. The van der Waals surface area contributed by atoms with E-state index in [1.807, 2.05) is 0 Å². The predicted octanol–water partition coefficient (Wildman–Crippen LogP) is 10.8. The lowest BCUT2D eigenvalue weighted by atomic mass is 9.30. The van der Waals surface area contributed by atoms with Crippen LogP contribution in [-0.4, -0.2) is 6.71 Å². The summed E-state index contributed by atoms with van der Waals surface area (Å²) in [5, 5.41) is 5.86. The molecule has 4 aliphatic carbocycles. The monoisotopic (exact) mass is 690 g/mol. The molecule has 0 N–H and O–H groups in total. The fraction of sp³-hybridized carbons (Fsp3) is 0.0741. The first-order chi connectivity index (χ1) is 27.3. The molecule has 0 atom stereocenters. The van der Waals surface area contributed by atoms with Crippen LogP contribution < -0.4 is 16.4 Å². The Hall–Kier alpha value is -6.44. The summed E-state index contributed by atoms with van der Waals surface area (Å²) in [6, 6.07) is 54.7. The van der Waals surface area contributed by atoms with Gasteiger partial charge < -0.3 is 0 Å². The molecule has 15 rings (SSSR count). The summed E-state index contributed by atoms with van der Waals surface area (Å²) in [5.41, 5.74) is 33.6. The molecule has 9 aromatic rings. The van der Waals surface area contributed by atoms with Crippen LogP contribution in [-0.2, 0) is 25.7 Å². The minimum Gasteiger partial charge on any atom is -0.0621 e. The standard InChI is InChI=1S/C54H31B/c1-5-14-36-28(10-1)22-34-26-44-50-42(46(34)36)24-32-20-30-12-3-7-16-38(30)48(32)52(50)40-18-9-19-41-53-49-33(21-31-13-4-8-17-39(31)49)25-43-47-35(23-29-11-2-6-15-37(29)47)27-45(51(43)53)55(44)54(40)41/h1-19,24-27H,20-23H2. The SMILES string of the molecule is c1ccc2c(c1)Cc1cc3c4c(cc5c3c(c1-2)-c1cccc2c1B5c1cc3c(c5cc6c(c-2c15)-c1ccccc1C6)-c1ccccc1C3)Cc1ccccc1-4. The highest BCUT2D eigenvalue weighted by molar-refractivity contribution is 7.01. The van der Waals surface area contributed by atoms with Gasteiger partial charge in [0.2, 0.25) is 6.71 Å². The summed E-state index contributed by atoms with van der Waals surface area (Å²) in [7, 11) is 0. The fourth-order valence-corrected chi connectivity index (χ4v) is 12.6. The normalized spacial score (nSPS) is 14.6. The first-order valence-corrected chi connectivity index (χ1v) is 20.1. The molecule has 0 aromatic heterocycles. The fourth-order valence-electron chi connectivity index (χ4n) is 12.6. The van der Waals surface area contributed by atoms with Gasteiger partial charge in [0.15, 0.2) is 0 Å². The van der Waals surface area contributed by atoms with E-state index in [1.54, 1.807) is 0 Å². The van der Waals surface area contributed by atoms with Crippen molar-refractivity contribution >= 4 is 44.6 Å². The first kappa shape index (κ1) is 28.1. The summed E-state index contributed by atoms with van der Waals surface area (Å²) in [4.78, 5) is 0. The smallest absolute Gasteiger partial charge is 0.0621 e. The molecule has 0 saturated carbocycles. The Morgan fingerprint density at radius 3 is 1.05 bits per heavy atom. The van der Waals surface area contributed by atoms with Crippen LogP contribution in [0.25, 0.3) is 88.3 Å². The molecule has 9 aromatic carbocycles. The first-order valence-electron chi connectivity index (χ1n) is 20.1. The maximum absolute atomic E-state index is 2.67. The number of rotatable bonds is 0. The Morgan fingerprint density at radius 2 is 0.636 bits per heavy atom. The van der Waals surface area contributed by atoms with Crippen LogP contribution in [0.1, 0.15) is 44.5 Å². The van der Waals surface area contributed by atoms with Gasteiger partial charge in [0.05, 0.1) is 0 Å². The molecule has 2 heterocycles. The van der Waals surface area contributed by atoms with Crippen LogP contribution >= 0.6 is 0 Å². The van der Waals surface area contributed by atoms with E-state index in [4.69, 9.17) is 0 Å². The third-order valence-corrected chi connectivity index (χ3v) is 14.5. The van der Waals surface area contributed by atoms with E-state index in [1.165, 1.54) is 149 Å². The topological polar surface area (TPSA) is 0 Å². The van der Waals surface area contributed by atoms with Gasteiger partial charge >= 0.3 is 0 Å². The van der Waals surface area contributed by atoms with Crippen molar-refractivity contribution < 1.29 is 0 Å². The van der Waals surface area contributed by atoms with Crippen molar-refractivity contribution in [3.05, 3.63) is 184 Å². The summed E-state index contributed by atoms with van der Waals surface area (Å²) < 4.78 is 0. The van der Waals surface area contributed by atoms with Gasteiger partial charge in [-0.3, -0.25) is 0 Å². The zero-order valence-electron chi connectivity index (χ0n) is 30.2. The van der Waals surface area contributed by atoms with Crippen molar-refractivity contribution in [1.82, 2.24) is 0 Å². The van der Waals surface area contributed by atoms with Gasteiger partial charge in [-0.05, 0) is 171 Å². The van der Waals surface area contributed by atoms with Crippen LogP contribution in [0.15, 0.2) is 140 Å². The molecule has 1 heteroatoms. The van der Waals surface area contributed by atoms with Gasteiger partial charge in [-0.15, -0.1) is 0 Å². The van der Waals surface area contributed by atoms with Crippen LogP contribution in [0.4, 0.5) is 0 Å². The minimum absolute atomic E-state index is 0.156. The molecule has 0 amide bonds. The van der Waals surface area contributed by atoms with Gasteiger partial charge in [0, 0.05) is 0 Å². The van der Waals surface area contributed by atoms with E-state index in [2.05, 4.69) is 140 Å². The average Bonchev–Trinajstić information content (AvgIpc) is 3.99. The third kappa shape index (κ3) is 3.20. The van der Waals surface area contributed by atoms with Crippen molar-refractivity contribution in [2.75, 3.05) is 0 Å². The third-order valence-electron chi connectivity index (χ3n) is 14.5. The largest absolute Gasteiger partial charge is 0.244 e. The van der Waals surface area contributed by atoms with E-state index in [-0.39, 0.29) is 6.71 Å². The van der Waals surface area contributed by atoms with Crippen LogP contribution in [0.2, 0.25) is 0 Å². The van der Waals surface area contributed by atoms with Crippen LogP contribution in [0, 0.1) is 0 Å². The van der Waals surface area contributed by atoms with Gasteiger partial charge in [-0.25, -0.2) is 0 Å². The van der Waals surface area contributed by atoms with E-state index in [9.17, 15) is 0 Å². The second kappa shape index (κ2) is 9.43. The zero-order chi connectivity index (χ0) is 35.3. The van der Waals surface area contributed by atoms with E-state index in [0.29, 0.717) is 0 Å². The molecule has 0 nitrogen and oxygen atoms in total. The Kier molecular flexibility index (Phi) is 4.81. The quantitative estimate of drug-likeness (QED) is 0.139. The van der Waals surface area contributed by atoms with Gasteiger partial charge in [-0.2, -0.15) is 0 Å². The highest BCUT2D eigenvalue weighted by Crippen LogP contribution is 2.55. The Morgan fingerprint density at radius 1 is 0.291 bits per heavy atom. The lowest BCUT2D eigenvalue weighted by Crippen LogP contribution is -2.57. The second-order valence-corrected chi connectivity index (χ2v) is 17.0. The Labute approximate surface area is 319 Å². The average molecular weight is 691 g/mol. The maximum Gasteiger partial charge on any atom is 0.244 e. The Balaban J connectivity index is 1.16. The van der Waals surface area contributed by atoms with Crippen molar-refractivity contribution in [2.24, 2.45) is 0 Å². The molecule has 0 bridgehead atoms. The zero-order valence-corrected chi connectivity index (χ0v) is 30.2. The summed E-state index contributed by atoms with van der Waals surface area (Å²) in [6.07, 6.45) is 3.98. The van der Waals surface area contributed by atoms with E-state index in [0.717, 1.165) is 25.7 Å². The molecule has 6 aliphatic rings. The lowest BCUT2D eigenvalue weighted by molar-refractivity contribution is 1.26. The molecule has 0 unspecified atom stereocenters. The molecule has 0 radical (unpaired) electrons. The van der Waals surface area contributed by atoms with Gasteiger partial charge in [0.25, 0.3) is 0 Å². The van der Waals surface area contributed by atoms with Crippen molar-refractivity contribution in [3.63, 3.8) is 0 Å². The highest BCUT2D eigenvalue weighted by Gasteiger charge is 2.44. The molecular formula is C54H31B. The van der Waals surface area contributed by atoms with E-state index >= 15 is 0 Å². The van der Waals surface area contributed by atoms with Crippen molar-refractivity contribution in [1.29, 1.82) is 0 Å². The highest BCUT2D eigenvalue weighted by atomic mass is 14.4. The molecule has 250 valence electrons.